The van der Waals surface area contributed by atoms with Gasteiger partial charge >= 0.3 is 5.97 Å². The predicted molar refractivity (Wildman–Crippen MR) is 80.5 cm³/mol. The molecule has 0 aromatic heterocycles. The number of carbonyl (C=O) groups is 3. The van der Waals surface area contributed by atoms with E-state index in [1.54, 1.807) is 20.8 Å². The van der Waals surface area contributed by atoms with Gasteiger partial charge < -0.3 is 15.4 Å². The van der Waals surface area contributed by atoms with Crippen LogP contribution in [-0.2, 0) is 19.1 Å². The van der Waals surface area contributed by atoms with Crippen molar-refractivity contribution in [3.8, 4) is 0 Å². The van der Waals surface area contributed by atoms with Gasteiger partial charge in [-0.2, -0.15) is 0 Å². The molecule has 6 nitrogen and oxygen atoms in total. The van der Waals surface area contributed by atoms with E-state index < -0.39 is 0 Å². The first-order valence-electron chi connectivity index (χ1n) is 7.22. The highest BCUT2D eigenvalue weighted by molar-refractivity contribution is 5.92. The standard InChI is InChI=1S/C15H26N2O4/c1-11(2)15(20)17-10-6-5-9-16-13(18)7-8-14(19)21-12(3)4/h12H,1,5-10H2,2-4H3,(H,16,18)(H,17,20). The molecule has 0 saturated carbocycles. The Hall–Kier alpha value is -1.85. The Kier molecular flexibility index (Phi) is 9.92. The number of hydrogen-bond donors (Lipinski definition) is 2. The van der Waals surface area contributed by atoms with Crippen molar-refractivity contribution in [2.24, 2.45) is 0 Å². The predicted octanol–water partition coefficient (Wildman–Crippen LogP) is 1.31. The Morgan fingerprint density at radius 1 is 1.05 bits per heavy atom. The van der Waals surface area contributed by atoms with E-state index in [0.29, 0.717) is 18.7 Å². The van der Waals surface area contributed by atoms with Gasteiger partial charge in [-0.05, 0) is 33.6 Å². The van der Waals surface area contributed by atoms with Crippen LogP contribution in [0.4, 0.5) is 0 Å². The number of hydrogen-bond acceptors (Lipinski definition) is 4. The van der Waals surface area contributed by atoms with Gasteiger partial charge in [0, 0.05) is 25.1 Å². The van der Waals surface area contributed by atoms with Crippen LogP contribution >= 0.6 is 0 Å². The second-order valence-electron chi connectivity index (χ2n) is 5.13. The lowest BCUT2D eigenvalue weighted by molar-refractivity contribution is -0.148. The first kappa shape index (κ1) is 19.1. The average molecular weight is 298 g/mol. The number of esters is 1. The summed E-state index contributed by atoms with van der Waals surface area (Å²) in [5, 5.41) is 5.44. The Morgan fingerprint density at radius 2 is 1.62 bits per heavy atom. The van der Waals surface area contributed by atoms with Crippen LogP contribution in [0.1, 0.15) is 46.5 Å². The maximum Gasteiger partial charge on any atom is 0.306 e. The quantitative estimate of drug-likeness (QED) is 0.362. The summed E-state index contributed by atoms with van der Waals surface area (Å²) in [7, 11) is 0. The summed E-state index contributed by atoms with van der Waals surface area (Å²) in [6, 6.07) is 0. The zero-order valence-corrected chi connectivity index (χ0v) is 13.2. The van der Waals surface area contributed by atoms with E-state index >= 15 is 0 Å². The molecular formula is C15H26N2O4. The van der Waals surface area contributed by atoms with Gasteiger partial charge in [0.1, 0.15) is 0 Å². The summed E-state index contributed by atoms with van der Waals surface area (Å²) in [6.07, 6.45) is 1.61. The molecule has 21 heavy (non-hydrogen) atoms. The lowest BCUT2D eigenvalue weighted by Crippen LogP contribution is -2.27. The van der Waals surface area contributed by atoms with Crippen molar-refractivity contribution in [2.75, 3.05) is 13.1 Å². The fourth-order valence-electron chi connectivity index (χ4n) is 1.46. The third-order valence-corrected chi connectivity index (χ3v) is 2.52. The fourth-order valence-corrected chi connectivity index (χ4v) is 1.46. The molecule has 2 N–H and O–H groups in total. The summed E-state index contributed by atoms with van der Waals surface area (Å²) in [5.74, 6) is -0.674. The Balaban J connectivity index is 3.52. The van der Waals surface area contributed by atoms with Crippen LogP contribution in [0.2, 0.25) is 0 Å². The van der Waals surface area contributed by atoms with Gasteiger partial charge in [-0.15, -0.1) is 0 Å². The van der Waals surface area contributed by atoms with E-state index in [2.05, 4.69) is 17.2 Å². The first-order chi connectivity index (χ1) is 9.82. The monoisotopic (exact) mass is 298 g/mol. The maximum absolute atomic E-state index is 11.5. The molecule has 0 rings (SSSR count). The normalized spacial score (nSPS) is 10.1. The van der Waals surface area contributed by atoms with Crippen LogP contribution in [0.25, 0.3) is 0 Å². The SMILES string of the molecule is C=C(C)C(=O)NCCCCNC(=O)CCC(=O)OC(C)C. The summed E-state index contributed by atoms with van der Waals surface area (Å²) in [4.78, 5) is 33.9. The van der Waals surface area contributed by atoms with Crippen molar-refractivity contribution in [3.63, 3.8) is 0 Å². The molecule has 0 saturated heterocycles. The van der Waals surface area contributed by atoms with Gasteiger partial charge in [-0.3, -0.25) is 14.4 Å². The number of rotatable bonds is 10. The zero-order chi connectivity index (χ0) is 16.3. The van der Waals surface area contributed by atoms with Gasteiger partial charge in [-0.1, -0.05) is 6.58 Å². The van der Waals surface area contributed by atoms with Gasteiger partial charge in [0.15, 0.2) is 0 Å². The molecular weight excluding hydrogens is 272 g/mol. The van der Waals surface area contributed by atoms with Crippen molar-refractivity contribution in [1.82, 2.24) is 10.6 Å². The van der Waals surface area contributed by atoms with E-state index in [1.807, 2.05) is 0 Å². The van der Waals surface area contributed by atoms with Gasteiger partial charge in [0.05, 0.1) is 12.5 Å². The molecule has 0 spiro atoms. The Bertz CT molecular complexity index is 378. The smallest absolute Gasteiger partial charge is 0.306 e. The third-order valence-electron chi connectivity index (χ3n) is 2.52. The molecule has 0 unspecified atom stereocenters. The molecule has 2 amide bonds. The highest BCUT2D eigenvalue weighted by atomic mass is 16.5. The first-order valence-corrected chi connectivity index (χ1v) is 7.22. The number of amides is 2. The Morgan fingerprint density at radius 3 is 2.14 bits per heavy atom. The third kappa shape index (κ3) is 11.7. The summed E-state index contributed by atoms with van der Waals surface area (Å²) < 4.78 is 4.93. The highest BCUT2D eigenvalue weighted by Gasteiger charge is 2.08. The number of unbranched alkanes of at least 4 members (excludes halogenated alkanes) is 1. The van der Waals surface area contributed by atoms with Gasteiger partial charge in [0.25, 0.3) is 0 Å². The lowest BCUT2D eigenvalue weighted by Gasteiger charge is -2.08. The van der Waals surface area contributed by atoms with E-state index in [-0.39, 0.29) is 36.7 Å². The van der Waals surface area contributed by atoms with E-state index in [9.17, 15) is 14.4 Å². The van der Waals surface area contributed by atoms with Crippen LogP contribution in [0.5, 0.6) is 0 Å². The molecule has 0 aliphatic rings. The van der Waals surface area contributed by atoms with Crippen LogP contribution in [-0.4, -0.2) is 37.0 Å². The van der Waals surface area contributed by atoms with Gasteiger partial charge in [0.2, 0.25) is 11.8 Å². The minimum atomic E-state index is -0.359. The molecule has 0 aliphatic carbocycles. The van der Waals surface area contributed by atoms with Crippen molar-refractivity contribution in [2.45, 2.75) is 52.6 Å². The average Bonchev–Trinajstić information content (AvgIpc) is 2.39. The van der Waals surface area contributed by atoms with Crippen molar-refractivity contribution in [3.05, 3.63) is 12.2 Å². The summed E-state index contributed by atoms with van der Waals surface area (Å²) in [6.45, 7) is 9.82. The number of ether oxygens (including phenoxy) is 1. The molecule has 0 fully saturated rings. The second kappa shape index (κ2) is 10.9. The second-order valence-corrected chi connectivity index (χ2v) is 5.13. The molecule has 0 aromatic carbocycles. The molecule has 0 atom stereocenters. The van der Waals surface area contributed by atoms with Crippen molar-refractivity contribution in [1.29, 1.82) is 0 Å². The minimum Gasteiger partial charge on any atom is -0.463 e. The van der Waals surface area contributed by atoms with E-state index in [1.165, 1.54) is 0 Å². The number of nitrogens with one attached hydrogen (secondary N) is 2. The molecule has 120 valence electrons. The van der Waals surface area contributed by atoms with Crippen molar-refractivity contribution < 1.29 is 19.1 Å². The topological polar surface area (TPSA) is 84.5 Å². The molecule has 0 bridgehead atoms. The van der Waals surface area contributed by atoms with Crippen LogP contribution in [0.3, 0.4) is 0 Å². The van der Waals surface area contributed by atoms with E-state index in [4.69, 9.17) is 4.74 Å². The van der Waals surface area contributed by atoms with Gasteiger partial charge in [-0.25, -0.2) is 0 Å². The highest BCUT2D eigenvalue weighted by Crippen LogP contribution is 1.97. The van der Waals surface area contributed by atoms with Crippen molar-refractivity contribution >= 4 is 17.8 Å². The lowest BCUT2D eigenvalue weighted by atomic mass is 10.2. The largest absolute Gasteiger partial charge is 0.463 e. The zero-order valence-electron chi connectivity index (χ0n) is 13.2. The molecule has 0 aromatic rings. The van der Waals surface area contributed by atoms with Crippen LogP contribution < -0.4 is 10.6 Å². The molecule has 0 heterocycles. The molecule has 0 aliphatic heterocycles. The minimum absolute atomic E-state index is 0.0959. The summed E-state index contributed by atoms with van der Waals surface area (Å²) in [5.41, 5.74) is 0.483. The summed E-state index contributed by atoms with van der Waals surface area (Å²) >= 11 is 0. The Labute approximate surface area is 126 Å². The van der Waals surface area contributed by atoms with Crippen LogP contribution in [0.15, 0.2) is 12.2 Å². The maximum atomic E-state index is 11.5. The fraction of sp³-hybridized carbons (Fsp3) is 0.667. The molecule has 6 heteroatoms. The number of carbonyl (C=O) groups excluding carboxylic acids is 3. The molecule has 0 radical (unpaired) electrons. The van der Waals surface area contributed by atoms with Crippen LogP contribution in [0, 0.1) is 0 Å². The van der Waals surface area contributed by atoms with E-state index in [0.717, 1.165) is 12.8 Å².